The maximum absolute atomic E-state index is 10.6. The molecule has 0 bridgehead atoms. The summed E-state index contributed by atoms with van der Waals surface area (Å²) < 4.78 is 5.15. The molecular formula is C11H17NO4. The van der Waals surface area contributed by atoms with Gasteiger partial charge in [0, 0.05) is 6.54 Å². The SMILES string of the molecule is CCCN(CCO)Cc1ccc(C(=O)O)o1. The van der Waals surface area contributed by atoms with Crippen molar-refractivity contribution in [1.82, 2.24) is 4.90 Å². The summed E-state index contributed by atoms with van der Waals surface area (Å²) in [5.74, 6) is -0.495. The minimum Gasteiger partial charge on any atom is -0.475 e. The van der Waals surface area contributed by atoms with Crippen molar-refractivity contribution >= 4 is 5.97 Å². The van der Waals surface area contributed by atoms with Crippen molar-refractivity contribution < 1.29 is 19.4 Å². The van der Waals surface area contributed by atoms with Crippen LogP contribution in [0.4, 0.5) is 0 Å². The van der Waals surface area contributed by atoms with Crippen molar-refractivity contribution in [2.24, 2.45) is 0 Å². The van der Waals surface area contributed by atoms with Crippen molar-refractivity contribution in [1.29, 1.82) is 0 Å². The van der Waals surface area contributed by atoms with Crippen LogP contribution >= 0.6 is 0 Å². The molecule has 0 fully saturated rings. The lowest BCUT2D eigenvalue weighted by Crippen LogP contribution is -2.27. The van der Waals surface area contributed by atoms with Crippen molar-refractivity contribution in [3.8, 4) is 0 Å². The maximum Gasteiger partial charge on any atom is 0.371 e. The fourth-order valence-corrected chi connectivity index (χ4v) is 1.53. The second kappa shape index (κ2) is 6.30. The van der Waals surface area contributed by atoms with E-state index in [0.29, 0.717) is 18.8 Å². The smallest absolute Gasteiger partial charge is 0.371 e. The molecule has 0 amide bonds. The first-order valence-electron chi connectivity index (χ1n) is 5.32. The molecule has 16 heavy (non-hydrogen) atoms. The van der Waals surface area contributed by atoms with Gasteiger partial charge in [-0.15, -0.1) is 0 Å². The van der Waals surface area contributed by atoms with Gasteiger partial charge in [-0.3, -0.25) is 4.90 Å². The van der Waals surface area contributed by atoms with Gasteiger partial charge in [0.2, 0.25) is 5.76 Å². The highest BCUT2D eigenvalue weighted by molar-refractivity contribution is 5.84. The molecule has 5 heteroatoms. The molecule has 0 spiro atoms. The standard InChI is InChI=1S/C11H17NO4/c1-2-5-12(6-7-13)8-9-3-4-10(16-9)11(14)15/h3-4,13H,2,5-8H2,1H3,(H,14,15). The molecule has 2 N–H and O–H groups in total. The van der Waals surface area contributed by atoms with E-state index in [9.17, 15) is 4.79 Å². The zero-order valence-corrected chi connectivity index (χ0v) is 9.35. The zero-order chi connectivity index (χ0) is 12.0. The Hall–Kier alpha value is -1.33. The molecule has 0 atom stereocenters. The van der Waals surface area contributed by atoms with E-state index >= 15 is 0 Å². The number of hydrogen-bond donors (Lipinski definition) is 2. The molecule has 0 unspecified atom stereocenters. The minimum atomic E-state index is -1.06. The fraction of sp³-hybridized carbons (Fsp3) is 0.545. The number of hydrogen-bond acceptors (Lipinski definition) is 4. The summed E-state index contributed by atoms with van der Waals surface area (Å²) in [5, 5.41) is 17.6. The molecular weight excluding hydrogens is 210 g/mol. The van der Waals surface area contributed by atoms with Crippen LogP contribution < -0.4 is 0 Å². The molecule has 1 aromatic rings. The van der Waals surface area contributed by atoms with Crippen LogP contribution in [-0.4, -0.2) is 40.8 Å². The first-order chi connectivity index (χ1) is 7.67. The number of carboxylic acid groups (broad SMARTS) is 1. The van der Waals surface area contributed by atoms with Gasteiger partial charge < -0.3 is 14.6 Å². The highest BCUT2D eigenvalue weighted by atomic mass is 16.4. The Morgan fingerprint density at radius 2 is 2.19 bits per heavy atom. The summed E-state index contributed by atoms with van der Waals surface area (Å²) >= 11 is 0. The molecule has 0 saturated heterocycles. The second-order valence-electron chi connectivity index (χ2n) is 3.57. The van der Waals surface area contributed by atoms with E-state index in [1.54, 1.807) is 6.07 Å². The molecule has 1 aromatic heterocycles. The normalized spacial score (nSPS) is 10.9. The zero-order valence-electron chi connectivity index (χ0n) is 9.35. The summed E-state index contributed by atoms with van der Waals surface area (Å²) in [5.41, 5.74) is 0. The van der Waals surface area contributed by atoms with E-state index in [1.807, 2.05) is 4.90 Å². The number of aliphatic hydroxyl groups excluding tert-OH is 1. The number of carbonyl (C=O) groups is 1. The van der Waals surface area contributed by atoms with Crippen LogP contribution in [0.25, 0.3) is 0 Å². The Morgan fingerprint density at radius 1 is 1.44 bits per heavy atom. The summed E-state index contributed by atoms with van der Waals surface area (Å²) in [4.78, 5) is 12.6. The topological polar surface area (TPSA) is 73.9 Å². The molecule has 0 saturated carbocycles. The van der Waals surface area contributed by atoms with Gasteiger partial charge in [0.25, 0.3) is 0 Å². The van der Waals surface area contributed by atoms with E-state index in [4.69, 9.17) is 14.6 Å². The van der Waals surface area contributed by atoms with Crippen LogP contribution in [0.1, 0.15) is 29.7 Å². The third-order valence-corrected chi connectivity index (χ3v) is 2.21. The second-order valence-corrected chi connectivity index (χ2v) is 3.57. The van der Waals surface area contributed by atoms with Gasteiger partial charge >= 0.3 is 5.97 Å². The molecule has 0 aliphatic heterocycles. The predicted octanol–water partition coefficient (Wildman–Crippen LogP) is 1.18. The number of furan rings is 1. The van der Waals surface area contributed by atoms with Crippen LogP contribution in [0.5, 0.6) is 0 Å². The van der Waals surface area contributed by atoms with Crippen LogP contribution in [0.3, 0.4) is 0 Å². The van der Waals surface area contributed by atoms with Gasteiger partial charge in [-0.25, -0.2) is 4.79 Å². The van der Waals surface area contributed by atoms with Crippen LogP contribution in [0.2, 0.25) is 0 Å². The Balaban J connectivity index is 2.58. The lowest BCUT2D eigenvalue weighted by atomic mass is 10.3. The van der Waals surface area contributed by atoms with Crippen molar-refractivity contribution in [2.45, 2.75) is 19.9 Å². The highest BCUT2D eigenvalue weighted by Gasteiger charge is 2.11. The molecule has 0 aliphatic carbocycles. The lowest BCUT2D eigenvalue weighted by Gasteiger charge is -2.18. The Bertz CT molecular complexity index is 328. The molecule has 0 aromatic carbocycles. The monoisotopic (exact) mass is 227 g/mol. The quantitative estimate of drug-likeness (QED) is 0.731. The van der Waals surface area contributed by atoms with Crippen LogP contribution in [0, 0.1) is 0 Å². The van der Waals surface area contributed by atoms with Gasteiger partial charge in [-0.2, -0.15) is 0 Å². The first-order valence-corrected chi connectivity index (χ1v) is 5.32. The van der Waals surface area contributed by atoms with Crippen molar-refractivity contribution in [3.63, 3.8) is 0 Å². The fourth-order valence-electron chi connectivity index (χ4n) is 1.53. The van der Waals surface area contributed by atoms with Crippen LogP contribution in [0.15, 0.2) is 16.5 Å². The maximum atomic E-state index is 10.6. The van der Waals surface area contributed by atoms with Gasteiger partial charge in [0.05, 0.1) is 13.2 Å². The Morgan fingerprint density at radius 3 is 2.69 bits per heavy atom. The number of carboxylic acids is 1. The first kappa shape index (κ1) is 12.7. The van der Waals surface area contributed by atoms with Gasteiger partial charge in [-0.05, 0) is 25.1 Å². The number of rotatable bonds is 7. The third-order valence-electron chi connectivity index (χ3n) is 2.21. The summed E-state index contributed by atoms with van der Waals surface area (Å²) in [6.07, 6.45) is 0.979. The average molecular weight is 227 g/mol. The van der Waals surface area contributed by atoms with Crippen LogP contribution in [-0.2, 0) is 6.54 Å². The Kier molecular flexibility index (Phi) is 5.01. The Labute approximate surface area is 94.3 Å². The number of nitrogens with zero attached hydrogens (tertiary/aromatic N) is 1. The lowest BCUT2D eigenvalue weighted by molar-refractivity contribution is 0.0657. The van der Waals surface area contributed by atoms with Crippen molar-refractivity contribution in [3.05, 3.63) is 23.7 Å². The van der Waals surface area contributed by atoms with E-state index in [1.165, 1.54) is 6.07 Å². The number of aliphatic hydroxyl groups is 1. The molecule has 0 radical (unpaired) electrons. The molecule has 1 heterocycles. The van der Waals surface area contributed by atoms with Gasteiger partial charge in [0.15, 0.2) is 0 Å². The van der Waals surface area contributed by atoms with Gasteiger partial charge in [0.1, 0.15) is 5.76 Å². The van der Waals surface area contributed by atoms with E-state index in [-0.39, 0.29) is 12.4 Å². The largest absolute Gasteiger partial charge is 0.475 e. The van der Waals surface area contributed by atoms with E-state index < -0.39 is 5.97 Å². The van der Waals surface area contributed by atoms with E-state index in [0.717, 1.165) is 13.0 Å². The molecule has 90 valence electrons. The van der Waals surface area contributed by atoms with Gasteiger partial charge in [-0.1, -0.05) is 6.92 Å². The molecule has 5 nitrogen and oxygen atoms in total. The molecule has 1 rings (SSSR count). The number of aromatic carboxylic acids is 1. The van der Waals surface area contributed by atoms with E-state index in [2.05, 4.69) is 6.92 Å². The summed E-state index contributed by atoms with van der Waals surface area (Å²) in [6, 6.07) is 3.10. The summed E-state index contributed by atoms with van der Waals surface area (Å²) in [6.45, 7) is 4.09. The third kappa shape index (κ3) is 3.67. The van der Waals surface area contributed by atoms with Crippen molar-refractivity contribution in [2.75, 3.05) is 19.7 Å². The highest BCUT2D eigenvalue weighted by Crippen LogP contribution is 2.10. The minimum absolute atomic E-state index is 0.0459. The summed E-state index contributed by atoms with van der Waals surface area (Å²) in [7, 11) is 0. The average Bonchev–Trinajstić information content (AvgIpc) is 2.67. The predicted molar refractivity (Wildman–Crippen MR) is 58.3 cm³/mol. The molecule has 0 aliphatic rings.